The molecule has 0 radical (unpaired) electrons. The van der Waals surface area contributed by atoms with Crippen LogP contribution in [0.15, 0.2) is 17.6 Å². The highest BCUT2D eigenvalue weighted by molar-refractivity contribution is 7.89. The van der Waals surface area contributed by atoms with Gasteiger partial charge in [-0.2, -0.15) is 0 Å². The predicted octanol–water partition coefficient (Wildman–Crippen LogP) is 0.817. The average molecular weight is 300 g/mol. The zero-order chi connectivity index (χ0) is 14.6. The molecule has 1 aliphatic heterocycles. The first-order valence-corrected chi connectivity index (χ1v) is 8.68. The molecule has 7 heteroatoms. The van der Waals surface area contributed by atoms with Gasteiger partial charge in [0.2, 0.25) is 0 Å². The quantitative estimate of drug-likeness (QED) is 0.781. The lowest BCUT2D eigenvalue weighted by Gasteiger charge is -2.08. The van der Waals surface area contributed by atoms with Crippen LogP contribution in [0.25, 0.3) is 0 Å². The highest BCUT2D eigenvalue weighted by Gasteiger charge is 2.19. The Bertz CT molecular complexity index is 518. The summed E-state index contributed by atoms with van der Waals surface area (Å²) in [6.07, 6.45) is 5.18. The van der Waals surface area contributed by atoms with Gasteiger partial charge in [-0.25, -0.2) is 18.1 Å². The maximum Gasteiger partial charge on any atom is 0.259 e. The van der Waals surface area contributed by atoms with Crippen LogP contribution < -0.4 is 10.0 Å². The average Bonchev–Trinajstić information content (AvgIpc) is 2.99. The van der Waals surface area contributed by atoms with Crippen molar-refractivity contribution in [2.45, 2.75) is 38.3 Å². The second-order valence-corrected chi connectivity index (χ2v) is 7.56. The number of nitrogens with zero attached hydrogens (tertiary/aromatic N) is 2. The molecule has 2 N–H and O–H groups in total. The monoisotopic (exact) mass is 300 g/mol. The number of sulfonamides is 1. The van der Waals surface area contributed by atoms with E-state index in [4.69, 9.17) is 0 Å². The van der Waals surface area contributed by atoms with E-state index in [2.05, 4.69) is 28.9 Å². The van der Waals surface area contributed by atoms with Gasteiger partial charge < -0.3 is 9.88 Å². The molecule has 1 unspecified atom stereocenters. The van der Waals surface area contributed by atoms with E-state index in [1.807, 2.05) is 4.57 Å². The van der Waals surface area contributed by atoms with E-state index in [1.165, 1.54) is 0 Å². The van der Waals surface area contributed by atoms with Gasteiger partial charge in [0.05, 0.1) is 6.33 Å². The first kappa shape index (κ1) is 15.5. The predicted molar refractivity (Wildman–Crippen MR) is 77.8 cm³/mol. The lowest BCUT2D eigenvalue weighted by atomic mass is 10.1. The van der Waals surface area contributed by atoms with Gasteiger partial charge >= 0.3 is 0 Å². The summed E-state index contributed by atoms with van der Waals surface area (Å²) in [5.41, 5.74) is 0. The molecule has 0 bridgehead atoms. The number of hydrogen-bond acceptors (Lipinski definition) is 4. The second kappa shape index (κ2) is 6.69. The molecule has 2 rings (SSSR count). The van der Waals surface area contributed by atoms with Gasteiger partial charge in [-0.05, 0) is 37.8 Å². The molecule has 2 heterocycles. The van der Waals surface area contributed by atoms with Crippen molar-refractivity contribution in [1.82, 2.24) is 19.6 Å². The summed E-state index contributed by atoms with van der Waals surface area (Å²) >= 11 is 0. The normalized spacial score (nSPS) is 19.9. The summed E-state index contributed by atoms with van der Waals surface area (Å²) in [5.74, 6) is 1.04. The molecule has 1 aromatic rings. The van der Waals surface area contributed by atoms with Crippen molar-refractivity contribution < 1.29 is 8.42 Å². The van der Waals surface area contributed by atoms with E-state index >= 15 is 0 Å². The van der Waals surface area contributed by atoms with Crippen molar-refractivity contribution in [3.05, 3.63) is 12.5 Å². The smallest absolute Gasteiger partial charge is 0.259 e. The van der Waals surface area contributed by atoms with Crippen LogP contribution in [0.2, 0.25) is 0 Å². The Kier molecular flexibility index (Phi) is 5.17. The number of rotatable bonds is 7. The number of aromatic nitrogens is 2. The third kappa shape index (κ3) is 4.29. The Morgan fingerprint density at radius 2 is 2.35 bits per heavy atom. The first-order valence-electron chi connectivity index (χ1n) is 7.19. The fraction of sp³-hybridized carbons (Fsp3) is 0.769. The van der Waals surface area contributed by atoms with Crippen molar-refractivity contribution in [2.75, 3.05) is 19.6 Å². The minimum absolute atomic E-state index is 0.114. The lowest BCUT2D eigenvalue weighted by Crippen LogP contribution is -2.27. The van der Waals surface area contributed by atoms with Crippen LogP contribution in [0, 0.1) is 11.8 Å². The fourth-order valence-electron chi connectivity index (χ4n) is 2.43. The van der Waals surface area contributed by atoms with Crippen LogP contribution in [-0.4, -0.2) is 37.6 Å². The van der Waals surface area contributed by atoms with Crippen molar-refractivity contribution in [3.8, 4) is 0 Å². The fourth-order valence-corrected chi connectivity index (χ4v) is 3.43. The van der Waals surface area contributed by atoms with Crippen LogP contribution >= 0.6 is 0 Å². The molecular formula is C13H24N4O2S. The van der Waals surface area contributed by atoms with Crippen molar-refractivity contribution in [2.24, 2.45) is 11.8 Å². The summed E-state index contributed by atoms with van der Waals surface area (Å²) in [6.45, 7) is 7.45. The Morgan fingerprint density at radius 3 is 3.00 bits per heavy atom. The van der Waals surface area contributed by atoms with Gasteiger partial charge in [0, 0.05) is 19.3 Å². The van der Waals surface area contributed by atoms with Crippen LogP contribution in [0.1, 0.15) is 26.7 Å². The van der Waals surface area contributed by atoms with Crippen LogP contribution in [0.4, 0.5) is 0 Å². The Balaban J connectivity index is 1.87. The van der Waals surface area contributed by atoms with Crippen molar-refractivity contribution >= 4 is 10.0 Å². The molecule has 1 aromatic heterocycles. The minimum Gasteiger partial charge on any atom is -0.336 e. The van der Waals surface area contributed by atoms with Gasteiger partial charge in [0.25, 0.3) is 10.0 Å². The molecule has 1 saturated heterocycles. The van der Waals surface area contributed by atoms with E-state index in [0.717, 1.165) is 32.5 Å². The molecule has 0 saturated carbocycles. The molecule has 0 aromatic carbocycles. The molecule has 1 atom stereocenters. The van der Waals surface area contributed by atoms with Crippen molar-refractivity contribution in [3.63, 3.8) is 0 Å². The first-order chi connectivity index (χ1) is 9.47. The zero-order valence-electron chi connectivity index (χ0n) is 12.2. The van der Waals surface area contributed by atoms with Crippen LogP contribution in [0.3, 0.4) is 0 Å². The van der Waals surface area contributed by atoms with Gasteiger partial charge in [0.15, 0.2) is 5.03 Å². The van der Waals surface area contributed by atoms with Gasteiger partial charge in [-0.15, -0.1) is 0 Å². The molecule has 1 aliphatic rings. The highest BCUT2D eigenvalue weighted by atomic mass is 32.2. The minimum atomic E-state index is -3.47. The van der Waals surface area contributed by atoms with Gasteiger partial charge in [-0.1, -0.05) is 13.8 Å². The second-order valence-electron chi connectivity index (χ2n) is 5.85. The van der Waals surface area contributed by atoms with E-state index in [1.54, 1.807) is 12.5 Å². The summed E-state index contributed by atoms with van der Waals surface area (Å²) in [6, 6.07) is 0. The third-order valence-corrected chi connectivity index (χ3v) is 4.81. The highest BCUT2D eigenvalue weighted by Crippen LogP contribution is 2.12. The van der Waals surface area contributed by atoms with Crippen LogP contribution in [0.5, 0.6) is 0 Å². The van der Waals surface area contributed by atoms with E-state index in [9.17, 15) is 8.42 Å². The van der Waals surface area contributed by atoms with Crippen molar-refractivity contribution in [1.29, 1.82) is 0 Å². The summed E-state index contributed by atoms with van der Waals surface area (Å²) in [5, 5.41) is 3.39. The zero-order valence-corrected chi connectivity index (χ0v) is 13.0. The molecule has 6 nitrogen and oxygen atoms in total. The third-order valence-electron chi connectivity index (χ3n) is 3.47. The number of hydrogen-bond donors (Lipinski definition) is 2. The maximum atomic E-state index is 12.1. The number of nitrogens with one attached hydrogen (secondary N) is 2. The summed E-state index contributed by atoms with van der Waals surface area (Å²) < 4.78 is 28.7. The maximum absolute atomic E-state index is 12.1. The van der Waals surface area contributed by atoms with Crippen LogP contribution in [-0.2, 0) is 16.6 Å². The van der Waals surface area contributed by atoms with E-state index in [0.29, 0.717) is 18.4 Å². The molecule has 0 amide bonds. The van der Waals surface area contributed by atoms with E-state index in [-0.39, 0.29) is 5.03 Å². The Labute approximate surface area is 121 Å². The standard InChI is InChI=1S/C13H24N4O2S/c1-11(2)8-17-9-13(15-10-17)20(18,19)16-6-4-12-3-5-14-7-12/h9-12,14,16H,3-8H2,1-2H3. The Hall–Kier alpha value is -0.920. The lowest BCUT2D eigenvalue weighted by molar-refractivity contribution is 0.516. The molecule has 0 aliphatic carbocycles. The largest absolute Gasteiger partial charge is 0.336 e. The molecule has 20 heavy (non-hydrogen) atoms. The summed E-state index contributed by atoms with van der Waals surface area (Å²) in [4.78, 5) is 3.99. The van der Waals surface area contributed by atoms with Gasteiger partial charge in [0.1, 0.15) is 0 Å². The molecule has 0 spiro atoms. The SMILES string of the molecule is CC(C)Cn1cnc(S(=O)(=O)NCCC2CCNC2)c1. The molecule has 1 fully saturated rings. The molecular weight excluding hydrogens is 276 g/mol. The van der Waals surface area contributed by atoms with Gasteiger partial charge in [-0.3, -0.25) is 0 Å². The molecule has 114 valence electrons. The Morgan fingerprint density at radius 1 is 1.55 bits per heavy atom. The number of imidazole rings is 1. The topological polar surface area (TPSA) is 76.0 Å². The summed E-state index contributed by atoms with van der Waals surface area (Å²) in [7, 11) is -3.47. The van der Waals surface area contributed by atoms with E-state index < -0.39 is 10.0 Å².